The van der Waals surface area contributed by atoms with Gasteiger partial charge in [-0.2, -0.15) is 0 Å². The van der Waals surface area contributed by atoms with Gasteiger partial charge in [-0.3, -0.25) is 0 Å². The van der Waals surface area contributed by atoms with E-state index in [4.69, 9.17) is 5.73 Å². The minimum absolute atomic E-state index is 0.320. The van der Waals surface area contributed by atoms with Gasteiger partial charge in [-0.1, -0.05) is 37.5 Å². The van der Waals surface area contributed by atoms with E-state index in [0.717, 1.165) is 6.42 Å². The van der Waals surface area contributed by atoms with Crippen molar-refractivity contribution < 1.29 is 0 Å². The first-order valence-electron chi connectivity index (χ1n) is 7.81. The van der Waals surface area contributed by atoms with Crippen molar-refractivity contribution in [2.24, 2.45) is 11.1 Å². The summed E-state index contributed by atoms with van der Waals surface area (Å²) in [6.07, 6.45) is 7.67. The third kappa shape index (κ3) is 2.86. The van der Waals surface area contributed by atoms with Gasteiger partial charge in [0.15, 0.2) is 0 Å². The van der Waals surface area contributed by atoms with E-state index < -0.39 is 0 Å². The monoisotopic (exact) mass is 259 g/mol. The standard InChI is InChI=1S/C18H29N/c1-5-18(8-6-7-9-18)17(19)12-16-14(3)10-13(2)11-15(16)4/h10-11,17H,5-9,12,19H2,1-4H3. The maximum atomic E-state index is 6.63. The van der Waals surface area contributed by atoms with Crippen LogP contribution in [0.5, 0.6) is 0 Å². The first kappa shape index (κ1) is 14.6. The van der Waals surface area contributed by atoms with Crippen molar-refractivity contribution in [2.45, 2.75) is 72.3 Å². The van der Waals surface area contributed by atoms with Crippen molar-refractivity contribution in [1.29, 1.82) is 0 Å². The second-order valence-corrected chi connectivity index (χ2v) is 6.61. The van der Waals surface area contributed by atoms with E-state index >= 15 is 0 Å². The number of nitrogens with two attached hydrogens (primary N) is 1. The van der Waals surface area contributed by atoms with E-state index in [1.54, 1.807) is 0 Å². The molecule has 1 unspecified atom stereocenters. The van der Waals surface area contributed by atoms with E-state index in [9.17, 15) is 0 Å². The van der Waals surface area contributed by atoms with Crippen LogP contribution in [0.15, 0.2) is 12.1 Å². The van der Waals surface area contributed by atoms with E-state index in [1.165, 1.54) is 54.4 Å². The summed E-state index contributed by atoms with van der Waals surface area (Å²) in [5, 5.41) is 0. The van der Waals surface area contributed by atoms with Crippen molar-refractivity contribution >= 4 is 0 Å². The number of hydrogen-bond acceptors (Lipinski definition) is 1. The van der Waals surface area contributed by atoms with Crippen molar-refractivity contribution in [1.82, 2.24) is 0 Å². The molecule has 1 aromatic carbocycles. The van der Waals surface area contributed by atoms with E-state index in [-0.39, 0.29) is 0 Å². The predicted octanol–water partition coefficient (Wildman–Crippen LogP) is 4.45. The van der Waals surface area contributed by atoms with Gasteiger partial charge in [0, 0.05) is 6.04 Å². The molecular weight excluding hydrogens is 230 g/mol. The molecule has 1 aliphatic rings. The molecule has 1 aromatic rings. The molecule has 1 aliphatic carbocycles. The average Bonchev–Trinajstić information content (AvgIpc) is 2.83. The maximum absolute atomic E-state index is 6.63. The zero-order valence-corrected chi connectivity index (χ0v) is 13.1. The molecule has 0 heterocycles. The minimum atomic E-state index is 0.320. The molecular formula is C18H29N. The molecule has 0 saturated heterocycles. The fourth-order valence-electron chi connectivity index (χ4n) is 4.03. The van der Waals surface area contributed by atoms with Crippen LogP contribution in [0.4, 0.5) is 0 Å². The van der Waals surface area contributed by atoms with Crippen LogP contribution in [0.1, 0.15) is 61.3 Å². The molecule has 1 fully saturated rings. The van der Waals surface area contributed by atoms with Crippen molar-refractivity contribution in [3.8, 4) is 0 Å². The van der Waals surface area contributed by atoms with Crippen LogP contribution in [-0.2, 0) is 6.42 Å². The fourth-order valence-corrected chi connectivity index (χ4v) is 4.03. The van der Waals surface area contributed by atoms with Gasteiger partial charge >= 0.3 is 0 Å². The third-order valence-corrected chi connectivity index (χ3v) is 5.35. The molecule has 1 nitrogen and oxygen atoms in total. The Hall–Kier alpha value is -0.820. The molecule has 2 N–H and O–H groups in total. The Balaban J connectivity index is 2.21. The Kier molecular flexibility index (Phi) is 4.35. The van der Waals surface area contributed by atoms with Crippen LogP contribution >= 0.6 is 0 Å². The topological polar surface area (TPSA) is 26.0 Å². The zero-order chi connectivity index (χ0) is 14.0. The summed E-state index contributed by atoms with van der Waals surface area (Å²) >= 11 is 0. The molecule has 0 bridgehead atoms. The van der Waals surface area contributed by atoms with Gasteiger partial charge in [0.1, 0.15) is 0 Å². The molecule has 0 radical (unpaired) electrons. The highest BCUT2D eigenvalue weighted by Gasteiger charge is 2.37. The van der Waals surface area contributed by atoms with Crippen molar-refractivity contribution in [2.75, 3.05) is 0 Å². The summed E-state index contributed by atoms with van der Waals surface area (Å²) in [6.45, 7) is 8.96. The Bertz CT molecular complexity index is 418. The highest BCUT2D eigenvalue weighted by molar-refractivity contribution is 5.38. The summed E-state index contributed by atoms with van der Waals surface area (Å²) < 4.78 is 0. The molecule has 1 saturated carbocycles. The lowest BCUT2D eigenvalue weighted by molar-refractivity contribution is 0.218. The Labute approximate surface area is 118 Å². The summed E-state index contributed by atoms with van der Waals surface area (Å²) in [5.41, 5.74) is 12.7. The lowest BCUT2D eigenvalue weighted by atomic mass is 9.73. The highest BCUT2D eigenvalue weighted by Crippen LogP contribution is 2.44. The first-order chi connectivity index (χ1) is 8.98. The summed E-state index contributed by atoms with van der Waals surface area (Å²) in [4.78, 5) is 0. The molecule has 19 heavy (non-hydrogen) atoms. The Morgan fingerprint density at radius 2 is 1.63 bits per heavy atom. The van der Waals surface area contributed by atoms with E-state index in [2.05, 4.69) is 39.8 Å². The smallest absolute Gasteiger partial charge is 0.0136 e. The van der Waals surface area contributed by atoms with E-state index in [0.29, 0.717) is 11.5 Å². The largest absolute Gasteiger partial charge is 0.327 e. The van der Waals surface area contributed by atoms with E-state index in [1.807, 2.05) is 0 Å². The number of hydrogen-bond donors (Lipinski definition) is 1. The van der Waals surface area contributed by atoms with Crippen LogP contribution in [0.25, 0.3) is 0 Å². The van der Waals surface area contributed by atoms with Crippen LogP contribution in [0.2, 0.25) is 0 Å². The number of benzene rings is 1. The number of aryl methyl sites for hydroxylation is 3. The van der Waals surface area contributed by atoms with Gasteiger partial charge in [-0.15, -0.1) is 0 Å². The van der Waals surface area contributed by atoms with Gasteiger partial charge in [0.05, 0.1) is 0 Å². The molecule has 106 valence electrons. The minimum Gasteiger partial charge on any atom is -0.327 e. The lowest BCUT2D eigenvalue weighted by Crippen LogP contribution is -2.41. The van der Waals surface area contributed by atoms with Crippen molar-refractivity contribution in [3.05, 3.63) is 34.4 Å². The Morgan fingerprint density at radius 1 is 1.11 bits per heavy atom. The fraction of sp³-hybridized carbons (Fsp3) is 0.667. The van der Waals surface area contributed by atoms with Gasteiger partial charge in [-0.25, -0.2) is 0 Å². The van der Waals surface area contributed by atoms with Crippen LogP contribution in [-0.4, -0.2) is 6.04 Å². The first-order valence-corrected chi connectivity index (χ1v) is 7.81. The average molecular weight is 259 g/mol. The predicted molar refractivity (Wildman–Crippen MR) is 83.5 cm³/mol. The molecule has 2 rings (SSSR count). The quantitative estimate of drug-likeness (QED) is 0.849. The maximum Gasteiger partial charge on any atom is 0.0136 e. The zero-order valence-electron chi connectivity index (χ0n) is 13.1. The van der Waals surface area contributed by atoms with Crippen LogP contribution in [0.3, 0.4) is 0 Å². The number of rotatable bonds is 4. The Morgan fingerprint density at radius 3 is 2.11 bits per heavy atom. The molecule has 0 spiro atoms. The van der Waals surface area contributed by atoms with Crippen molar-refractivity contribution in [3.63, 3.8) is 0 Å². The normalized spacial score (nSPS) is 19.6. The molecule has 0 amide bonds. The highest BCUT2D eigenvalue weighted by atomic mass is 14.7. The van der Waals surface area contributed by atoms with Gasteiger partial charge in [-0.05, 0) is 68.6 Å². The second kappa shape index (κ2) is 5.66. The molecule has 0 aliphatic heterocycles. The molecule has 0 aromatic heterocycles. The third-order valence-electron chi connectivity index (χ3n) is 5.35. The SMILES string of the molecule is CCC1(C(N)Cc2c(C)cc(C)cc2C)CCCC1. The lowest BCUT2D eigenvalue weighted by Gasteiger charge is -2.35. The summed E-state index contributed by atoms with van der Waals surface area (Å²) in [5.74, 6) is 0. The summed E-state index contributed by atoms with van der Waals surface area (Å²) in [6, 6.07) is 4.91. The van der Waals surface area contributed by atoms with Gasteiger partial charge in [0.25, 0.3) is 0 Å². The second-order valence-electron chi connectivity index (χ2n) is 6.61. The van der Waals surface area contributed by atoms with Gasteiger partial charge in [0.2, 0.25) is 0 Å². The van der Waals surface area contributed by atoms with Gasteiger partial charge < -0.3 is 5.73 Å². The summed E-state index contributed by atoms with van der Waals surface area (Å²) in [7, 11) is 0. The van der Waals surface area contributed by atoms with Crippen LogP contribution < -0.4 is 5.73 Å². The molecule has 1 heteroatoms. The van der Waals surface area contributed by atoms with Crippen LogP contribution in [0, 0.1) is 26.2 Å². The molecule has 1 atom stereocenters.